The molecule has 1 aromatic heterocycles. The lowest BCUT2D eigenvalue weighted by atomic mass is 10.2. The summed E-state index contributed by atoms with van der Waals surface area (Å²) in [5.74, 6) is 0.579. The number of carbonyl (C=O) groups excluding carboxylic acids is 1. The Bertz CT molecular complexity index is 657. The van der Waals surface area contributed by atoms with Crippen LogP contribution in [-0.2, 0) is 20.8 Å². The van der Waals surface area contributed by atoms with Gasteiger partial charge in [0.05, 0.1) is 13.2 Å². The number of anilines is 1. The summed E-state index contributed by atoms with van der Waals surface area (Å²) >= 11 is 0. The molecule has 0 unspecified atom stereocenters. The molecule has 1 aromatic carbocycles. The summed E-state index contributed by atoms with van der Waals surface area (Å²) in [6, 6.07) is 7.52. The maximum absolute atomic E-state index is 12.2. The van der Waals surface area contributed by atoms with Gasteiger partial charge in [-0.05, 0) is 32.9 Å². The van der Waals surface area contributed by atoms with Crippen molar-refractivity contribution in [2.24, 2.45) is 0 Å². The molecule has 0 aliphatic heterocycles. The van der Waals surface area contributed by atoms with Gasteiger partial charge in [0.1, 0.15) is 12.4 Å². The summed E-state index contributed by atoms with van der Waals surface area (Å²) in [6.45, 7) is 7.96. The summed E-state index contributed by atoms with van der Waals surface area (Å²) in [4.78, 5) is 12.2. The van der Waals surface area contributed by atoms with E-state index in [-0.39, 0.29) is 5.91 Å². The number of aryl methyl sites for hydroxylation is 1. The van der Waals surface area contributed by atoms with Crippen LogP contribution in [0.25, 0.3) is 11.4 Å². The zero-order valence-electron chi connectivity index (χ0n) is 14.4. The predicted molar refractivity (Wildman–Crippen MR) is 91.7 cm³/mol. The Morgan fingerprint density at radius 3 is 2.92 bits per heavy atom. The van der Waals surface area contributed by atoms with Gasteiger partial charge in [-0.2, -0.15) is 0 Å². The second-order valence-corrected chi connectivity index (χ2v) is 5.22. The van der Waals surface area contributed by atoms with Crippen molar-refractivity contribution in [3.63, 3.8) is 0 Å². The van der Waals surface area contributed by atoms with Crippen LogP contribution in [0.4, 0.5) is 5.69 Å². The van der Waals surface area contributed by atoms with Crippen molar-refractivity contribution >= 4 is 11.6 Å². The fraction of sp³-hybridized carbons (Fsp3) is 0.471. The predicted octanol–water partition coefficient (Wildman–Crippen LogP) is 2.35. The minimum atomic E-state index is -0.548. The van der Waals surface area contributed by atoms with E-state index in [0.717, 1.165) is 17.9 Å². The topological polar surface area (TPSA) is 78.3 Å². The van der Waals surface area contributed by atoms with E-state index in [1.54, 1.807) is 13.3 Å². The lowest BCUT2D eigenvalue weighted by molar-refractivity contribution is -0.127. The highest BCUT2D eigenvalue weighted by atomic mass is 16.5. The Morgan fingerprint density at radius 1 is 1.33 bits per heavy atom. The molecule has 2 aromatic rings. The first kappa shape index (κ1) is 18.1. The molecule has 24 heavy (non-hydrogen) atoms. The molecule has 0 aliphatic carbocycles. The quantitative estimate of drug-likeness (QED) is 0.713. The normalized spacial score (nSPS) is 12.1. The molecule has 1 heterocycles. The summed E-state index contributed by atoms with van der Waals surface area (Å²) < 4.78 is 12.6. The number of hydrogen-bond donors (Lipinski definition) is 1. The number of rotatable bonds is 9. The van der Waals surface area contributed by atoms with Crippen LogP contribution in [0.2, 0.25) is 0 Å². The van der Waals surface area contributed by atoms with Gasteiger partial charge in [-0.25, -0.2) is 0 Å². The maximum atomic E-state index is 12.2. The van der Waals surface area contributed by atoms with Crippen molar-refractivity contribution < 1.29 is 14.3 Å². The molecule has 0 spiro atoms. The number of benzene rings is 1. The molecule has 2 rings (SSSR count). The molecule has 1 amide bonds. The number of hydrogen-bond acceptors (Lipinski definition) is 5. The van der Waals surface area contributed by atoms with Crippen LogP contribution < -0.4 is 5.32 Å². The molecule has 0 fully saturated rings. The number of ether oxygens (including phenoxy) is 2. The van der Waals surface area contributed by atoms with Gasteiger partial charge >= 0.3 is 0 Å². The van der Waals surface area contributed by atoms with E-state index in [9.17, 15) is 4.79 Å². The van der Waals surface area contributed by atoms with Gasteiger partial charge in [-0.1, -0.05) is 12.1 Å². The van der Waals surface area contributed by atoms with Gasteiger partial charge in [0, 0.05) is 24.4 Å². The van der Waals surface area contributed by atoms with E-state index in [0.29, 0.717) is 25.5 Å². The fourth-order valence-electron chi connectivity index (χ4n) is 2.19. The zero-order chi connectivity index (χ0) is 17.4. The van der Waals surface area contributed by atoms with E-state index in [1.165, 1.54) is 0 Å². The van der Waals surface area contributed by atoms with Crippen molar-refractivity contribution in [3.8, 4) is 11.4 Å². The third-order valence-corrected chi connectivity index (χ3v) is 3.51. The molecule has 130 valence electrons. The van der Waals surface area contributed by atoms with Crippen LogP contribution in [0.3, 0.4) is 0 Å². The standard InChI is InChI=1S/C17H24N4O3/c1-4-21-12-18-20-16(21)14-7-6-8-15(11-14)19-17(22)13(3)24-10-9-23-5-2/h6-8,11-13H,4-5,9-10H2,1-3H3,(H,19,22)/t13-/m0/s1. The Labute approximate surface area is 142 Å². The molecule has 7 heteroatoms. The number of carbonyl (C=O) groups is 1. The number of aromatic nitrogens is 3. The summed E-state index contributed by atoms with van der Waals surface area (Å²) in [5, 5.41) is 10.9. The van der Waals surface area contributed by atoms with Crippen molar-refractivity contribution in [1.82, 2.24) is 14.8 Å². The summed E-state index contributed by atoms with van der Waals surface area (Å²) in [5.41, 5.74) is 1.60. The molecule has 0 bridgehead atoms. The van der Waals surface area contributed by atoms with E-state index >= 15 is 0 Å². The zero-order valence-corrected chi connectivity index (χ0v) is 14.4. The van der Waals surface area contributed by atoms with Crippen LogP contribution in [0.5, 0.6) is 0 Å². The van der Waals surface area contributed by atoms with E-state index in [2.05, 4.69) is 15.5 Å². The highest BCUT2D eigenvalue weighted by molar-refractivity contribution is 5.94. The smallest absolute Gasteiger partial charge is 0.253 e. The van der Waals surface area contributed by atoms with Gasteiger partial charge < -0.3 is 19.4 Å². The molecule has 0 saturated heterocycles. The molecular formula is C17H24N4O3. The van der Waals surface area contributed by atoms with Gasteiger partial charge in [-0.15, -0.1) is 10.2 Å². The Kier molecular flexibility index (Phi) is 6.89. The largest absolute Gasteiger partial charge is 0.379 e. The van der Waals surface area contributed by atoms with Crippen LogP contribution in [0.1, 0.15) is 20.8 Å². The molecular weight excluding hydrogens is 308 g/mol. The van der Waals surface area contributed by atoms with Crippen LogP contribution in [0.15, 0.2) is 30.6 Å². The monoisotopic (exact) mass is 332 g/mol. The minimum absolute atomic E-state index is 0.194. The lowest BCUT2D eigenvalue weighted by Gasteiger charge is -2.14. The lowest BCUT2D eigenvalue weighted by Crippen LogP contribution is -2.28. The van der Waals surface area contributed by atoms with Crippen molar-refractivity contribution in [3.05, 3.63) is 30.6 Å². The second-order valence-electron chi connectivity index (χ2n) is 5.22. The van der Waals surface area contributed by atoms with Gasteiger partial charge in [0.2, 0.25) is 0 Å². The Hall–Kier alpha value is -2.25. The maximum Gasteiger partial charge on any atom is 0.253 e. The van der Waals surface area contributed by atoms with Crippen LogP contribution in [-0.4, -0.2) is 46.6 Å². The van der Waals surface area contributed by atoms with Crippen molar-refractivity contribution in [2.75, 3.05) is 25.1 Å². The average molecular weight is 332 g/mol. The fourth-order valence-corrected chi connectivity index (χ4v) is 2.19. The average Bonchev–Trinajstić information content (AvgIpc) is 3.07. The van der Waals surface area contributed by atoms with E-state index in [1.807, 2.05) is 42.7 Å². The van der Waals surface area contributed by atoms with Crippen molar-refractivity contribution in [2.45, 2.75) is 33.4 Å². The third kappa shape index (κ3) is 4.87. The Balaban J connectivity index is 1.98. The number of nitrogens with one attached hydrogen (secondary N) is 1. The molecule has 1 atom stereocenters. The minimum Gasteiger partial charge on any atom is -0.379 e. The van der Waals surface area contributed by atoms with Gasteiger partial charge in [0.25, 0.3) is 5.91 Å². The highest BCUT2D eigenvalue weighted by Crippen LogP contribution is 2.21. The van der Waals surface area contributed by atoms with Crippen LogP contribution in [0, 0.1) is 0 Å². The van der Waals surface area contributed by atoms with Crippen molar-refractivity contribution in [1.29, 1.82) is 0 Å². The first-order chi connectivity index (χ1) is 11.7. The van der Waals surface area contributed by atoms with E-state index in [4.69, 9.17) is 9.47 Å². The van der Waals surface area contributed by atoms with Gasteiger partial charge in [-0.3, -0.25) is 4.79 Å². The third-order valence-electron chi connectivity index (χ3n) is 3.51. The SMILES string of the molecule is CCOCCO[C@@H](C)C(=O)Nc1cccc(-c2nncn2CC)c1. The molecule has 1 N–H and O–H groups in total. The van der Waals surface area contributed by atoms with E-state index < -0.39 is 6.10 Å². The first-order valence-corrected chi connectivity index (χ1v) is 8.14. The summed E-state index contributed by atoms with van der Waals surface area (Å²) in [7, 11) is 0. The number of amides is 1. The molecule has 0 saturated carbocycles. The second kappa shape index (κ2) is 9.14. The van der Waals surface area contributed by atoms with Gasteiger partial charge in [0.15, 0.2) is 5.82 Å². The number of nitrogens with zero attached hydrogens (tertiary/aromatic N) is 3. The summed E-state index contributed by atoms with van der Waals surface area (Å²) in [6.07, 6.45) is 1.14. The molecule has 0 radical (unpaired) electrons. The molecule has 0 aliphatic rings. The molecule has 7 nitrogen and oxygen atoms in total. The van der Waals surface area contributed by atoms with Crippen LogP contribution >= 0.6 is 0 Å². The highest BCUT2D eigenvalue weighted by Gasteiger charge is 2.14. The first-order valence-electron chi connectivity index (χ1n) is 8.14. The Morgan fingerprint density at radius 2 is 2.17 bits per heavy atom.